The third-order valence-electron chi connectivity index (χ3n) is 2.71. The molecule has 2 aromatic heterocycles. The number of sulfonamides is 1. The summed E-state index contributed by atoms with van der Waals surface area (Å²) in [4.78, 5) is 2.05. The molecule has 0 bridgehead atoms. The number of nitrogens with zero attached hydrogens (tertiary/aromatic N) is 1. The zero-order valence-corrected chi connectivity index (χ0v) is 12.1. The van der Waals surface area contributed by atoms with Crippen LogP contribution < -0.4 is 4.72 Å². The topological polar surface area (TPSA) is 75.7 Å². The molecule has 0 radical (unpaired) electrons. The van der Waals surface area contributed by atoms with E-state index in [2.05, 4.69) is 9.62 Å². The number of rotatable bonds is 8. The van der Waals surface area contributed by atoms with E-state index in [1.807, 2.05) is 24.3 Å². The van der Waals surface area contributed by atoms with E-state index >= 15 is 0 Å². The fourth-order valence-corrected chi connectivity index (χ4v) is 2.31. The SMILES string of the molecule is CS(=O)(=O)NCCN(Cc1ccco1)Cc1ccco1. The van der Waals surface area contributed by atoms with Crippen molar-refractivity contribution in [3.05, 3.63) is 48.3 Å². The highest BCUT2D eigenvalue weighted by Gasteiger charge is 2.11. The van der Waals surface area contributed by atoms with Crippen LogP contribution in [0.3, 0.4) is 0 Å². The van der Waals surface area contributed by atoms with Crippen molar-refractivity contribution in [1.82, 2.24) is 9.62 Å². The summed E-state index contributed by atoms with van der Waals surface area (Å²) in [6.45, 7) is 2.10. The molecule has 20 heavy (non-hydrogen) atoms. The first-order valence-electron chi connectivity index (χ1n) is 6.25. The molecule has 0 saturated heterocycles. The highest BCUT2D eigenvalue weighted by atomic mass is 32.2. The van der Waals surface area contributed by atoms with Crippen LogP contribution in [0.15, 0.2) is 45.6 Å². The highest BCUT2D eigenvalue weighted by molar-refractivity contribution is 7.88. The monoisotopic (exact) mass is 298 g/mol. The van der Waals surface area contributed by atoms with Gasteiger partial charge in [-0.1, -0.05) is 0 Å². The van der Waals surface area contributed by atoms with Crippen molar-refractivity contribution in [3.8, 4) is 0 Å². The largest absolute Gasteiger partial charge is 0.468 e. The van der Waals surface area contributed by atoms with Gasteiger partial charge in [-0.3, -0.25) is 4.90 Å². The van der Waals surface area contributed by atoms with E-state index in [9.17, 15) is 8.42 Å². The van der Waals surface area contributed by atoms with Crippen LogP contribution in [0.25, 0.3) is 0 Å². The summed E-state index contributed by atoms with van der Waals surface area (Å²) in [5.74, 6) is 1.66. The molecule has 0 atom stereocenters. The second-order valence-corrected chi connectivity index (χ2v) is 6.37. The lowest BCUT2D eigenvalue weighted by molar-refractivity contribution is 0.221. The smallest absolute Gasteiger partial charge is 0.208 e. The lowest BCUT2D eigenvalue weighted by atomic mass is 10.3. The first-order valence-corrected chi connectivity index (χ1v) is 8.14. The highest BCUT2D eigenvalue weighted by Crippen LogP contribution is 2.10. The maximum Gasteiger partial charge on any atom is 0.208 e. The molecular formula is C13H18N2O4S. The van der Waals surface area contributed by atoms with Gasteiger partial charge in [0.05, 0.1) is 31.9 Å². The molecule has 2 rings (SSSR count). The van der Waals surface area contributed by atoms with Crippen LogP contribution in [0.2, 0.25) is 0 Å². The summed E-state index contributed by atoms with van der Waals surface area (Å²) >= 11 is 0. The average Bonchev–Trinajstić information content (AvgIpc) is 3.00. The molecule has 0 spiro atoms. The summed E-state index contributed by atoms with van der Waals surface area (Å²) in [7, 11) is -3.17. The standard InChI is InChI=1S/C13H18N2O4S/c1-20(16,17)14-6-7-15(10-12-4-2-8-18-12)11-13-5-3-9-19-13/h2-5,8-9,14H,6-7,10-11H2,1H3. The minimum absolute atomic E-state index is 0.347. The molecule has 110 valence electrons. The predicted octanol–water partition coefficient (Wildman–Crippen LogP) is 1.42. The van der Waals surface area contributed by atoms with Crippen molar-refractivity contribution in [2.24, 2.45) is 0 Å². The lowest BCUT2D eigenvalue weighted by Gasteiger charge is -2.19. The van der Waals surface area contributed by atoms with Gasteiger partial charge in [0.2, 0.25) is 10.0 Å². The van der Waals surface area contributed by atoms with Crippen LogP contribution in [0.4, 0.5) is 0 Å². The molecule has 2 aromatic rings. The van der Waals surface area contributed by atoms with Gasteiger partial charge in [-0.15, -0.1) is 0 Å². The Hall–Kier alpha value is -1.57. The van der Waals surface area contributed by atoms with Crippen LogP contribution in [0.1, 0.15) is 11.5 Å². The number of hydrogen-bond acceptors (Lipinski definition) is 5. The minimum atomic E-state index is -3.17. The van der Waals surface area contributed by atoms with E-state index < -0.39 is 10.0 Å². The van der Waals surface area contributed by atoms with Gasteiger partial charge < -0.3 is 8.83 Å². The van der Waals surface area contributed by atoms with E-state index in [4.69, 9.17) is 8.83 Å². The summed E-state index contributed by atoms with van der Waals surface area (Å²) in [6, 6.07) is 7.43. The third kappa shape index (κ3) is 5.20. The number of nitrogens with one attached hydrogen (secondary N) is 1. The first kappa shape index (κ1) is 14.8. The van der Waals surface area contributed by atoms with Crippen LogP contribution in [-0.2, 0) is 23.1 Å². The molecule has 2 heterocycles. The molecule has 0 unspecified atom stereocenters. The summed E-state index contributed by atoms with van der Waals surface area (Å²) in [6.07, 6.45) is 4.39. The van der Waals surface area contributed by atoms with Crippen LogP contribution >= 0.6 is 0 Å². The third-order valence-corrected chi connectivity index (χ3v) is 3.44. The molecule has 1 N–H and O–H groups in total. The molecule has 0 fully saturated rings. The van der Waals surface area contributed by atoms with Crippen LogP contribution in [0.5, 0.6) is 0 Å². The van der Waals surface area contributed by atoms with Gasteiger partial charge >= 0.3 is 0 Å². The quantitative estimate of drug-likeness (QED) is 0.798. The normalized spacial score (nSPS) is 12.1. The molecule has 0 aliphatic rings. The van der Waals surface area contributed by atoms with Crippen molar-refractivity contribution >= 4 is 10.0 Å². The van der Waals surface area contributed by atoms with Gasteiger partial charge in [0.15, 0.2) is 0 Å². The zero-order valence-electron chi connectivity index (χ0n) is 11.3. The van der Waals surface area contributed by atoms with E-state index in [1.54, 1.807) is 12.5 Å². The number of hydrogen-bond donors (Lipinski definition) is 1. The maximum absolute atomic E-state index is 11.1. The minimum Gasteiger partial charge on any atom is -0.468 e. The Morgan fingerprint density at radius 2 is 1.65 bits per heavy atom. The molecule has 0 amide bonds. The Labute approximate surface area is 118 Å². The second kappa shape index (κ2) is 6.74. The fourth-order valence-electron chi connectivity index (χ4n) is 1.85. The van der Waals surface area contributed by atoms with Gasteiger partial charge in [0, 0.05) is 13.1 Å². The summed E-state index contributed by atoms with van der Waals surface area (Å²) < 4.78 is 35.3. The molecule has 7 heteroatoms. The Bertz CT molecular complexity index is 554. The zero-order chi connectivity index (χ0) is 14.4. The lowest BCUT2D eigenvalue weighted by Crippen LogP contribution is -2.33. The fraction of sp³-hybridized carbons (Fsp3) is 0.385. The average molecular weight is 298 g/mol. The maximum atomic E-state index is 11.1. The summed E-state index contributed by atoms with van der Waals surface area (Å²) in [5, 5.41) is 0. The summed E-state index contributed by atoms with van der Waals surface area (Å²) in [5.41, 5.74) is 0. The molecule has 0 saturated carbocycles. The van der Waals surface area contributed by atoms with Gasteiger partial charge in [-0.2, -0.15) is 0 Å². The van der Waals surface area contributed by atoms with Gasteiger partial charge in [-0.05, 0) is 24.3 Å². The Kier molecular flexibility index (Phi) is 4.99. The molecular weight excluding hydrogens is 280 g/mol. The Balaban J connectivity index is 1.92. The van der Waals surface area contributed by atoms with E-state index in [0.29, 0.717) is 26.2 Å². The van der Waals surface area contributed by atoms with Crippen molar-refractivity contribution < 1.29 is 17.3 Å². The molecule has 0 aliphatic heterocycles. The Morgan fingerprint density at radius 1 is 1.10 bits per heavy atom. The van der Waals surface area contributed by atoms with Gasteiger partial charge in [0.1, 0.15) is 11.5 Å². The van der Waals surface area contributed by atoms with Crippen LogP contribution in [-0.4, -0.2) is 32.7 Å². The Morgan fingerprint density at radius 3 is 2.05 bits per heavy atom. The first-order chi connectivity index (χ1) is 9.53. The predicted molar refractivity (Wildman–Crippen MR) is 74.4 cm³/mol. The van der Waals surface area contributed by atoms with Crippen molar-refractivity contribution in [2.75, 3.05) is 19.3 Å². The molecule has 0 aliphatic carbocycles. The van der Waals surface area contributed by atoms with Gasteiger partial charge in [-0.25, -0.2) is 13.1 Å². The van der Waals surface area contributed by atoms with Crippen LogP contribution in [0, 0.1) is 0 Å². The van der Waals surface area contributed by atoms with E-state index in [1.165, 1.54) is 0 Å². The van der Waals surface area contributed by atoms with Crippen molar-refractivity contribution in [3.63, 3.8) is 0 Å². The molecule has 0 aromatic carbocycles. The second-order valence-electron chi connectivity index (χ2n) is 4.54. The van der Waals surface area contributed by atoms with Crippen molar-refractivity contribution in [1.29, 1.82) is 0 Å². The molecule has 6 nitrogen and oxygen atoms in total. The number of furan rings is 2. The van der Waals surface area contributed by atoms with E-state index in [-0.39, 0.29) is 0 Å². The van der Waals surface area contributed by atoms with Crippen molar-refractivity contribution in [2.45, 2.75) is 13.1 Å². The van der Waals surface area contributed by atoms with Gasteiger partial charge in [0.25, 0.3) is 0 Å². The van der Waals surface area contributed by atoms with E-state index in [0.717, 1.165) is 17.8 Å².